The van der Waals surface area contributed by atoms with Crippen molar-refractivity contribution in [1.82, 2.24) is 0 Å². The first-order chi connectivity index (χ1) is 8.76. The highest BCUT2D eigenvalue weighted by atomic mass is 35.5. The van der Waals surface area contributed by atoms with Gasteiger partial charge in [-0.1, -0.05) is 23.7 Å². The molecule has 0 aromatic heterocycles. The van der Waals surface area contributed by atoms with E-state index in [1.54, 1.807) is 7.11 Å². The van der Waals surface area contributed by atoms with Crippen LogP contribution in [0.5, 0.6) is 0 Å². The maximum absolute atomic E-state index is 5.98. The minimum absolute atomic E-state index is 0.424. The van der Waals surface area contributed by atoms with Crippen molar-refractivity contribution in [2.45, 2.75) is 12.8 Å². The minimum Gasteiger partial charge on any atom is -0.382 e. The maximum Gasteiger partial charge on any atom is 0.0700 e. The van der Waals surface area contributed by atoms with Gasteiger partial charge in [0, 0.05) is 24.6 Å². The van der Waals surface area contributed by atoms with Crippen LogP contribution in [0.3, 0.4) is 0 Å². The van der Waals surface area contributed by atoms with E-state index in [9.17, 15) is 0 Å². The Labute approximate surface area is 119 Å². The first-order valence-electron chi connectivity index (χ1n) is 6.13. The van der Waals surface area contributed by atoms with Crippen LogP contribution in [0.1, 0.15) is 12.0 Å². The Balaban J connectivity index is 2.28. The van der Waals surface area contributed by atoms with Gasteiger partial charge in [0.1, 0.15) is 0 Å². The number of halogens is 2. The summed E-state index contributed by atoms with van der Waals surface area (Å²) >= 11 is 11.9. The van der Waals surface area contributed by atoms with Gasteiger partial charge in [-0.3, -0.25) is 0 Å². The fourth-order valence-electron chi connectivity index (χ4n) is 1.73. The molecule has 0 N–H and O–H groups in total. The summed E-state index contributed by atoms with van der Waals surface area (Å²) in [7, 11) is 1.67. The van der Waals surface area contributed by atoms with Crippen LogP contribution in [0, 0.1) is 5.92 Å². The second-order valence-electron chi connectivity index (χ2n) is 4.25. The van der Waals surface area contributed by atoms with E-state index in [0.29, 0.717) is 25.0 Å². The Kier molecular flexibility index (Phi) is 8.44. The quantitative estimate of drug-likeness (QED) is 0.509. The van der Waals surface area contributed by atoms with Crippen molar-refractivity contribution in [3.8, 4) is 0 Å². The van der Waals surface area contributed by atoms with Gasteiger partial charge < -0.3 is 9.47 Å². The van der Waals surface area contributed by atoms with Crippen molar-refractivity contribution < 1.29 is 9.47 Å². The van der Waals surface area contributed by atoms with Gasteiger partial charge in [-0.05, 0) is 36.5 Å². The molecule has 102 valence electrons. The van der Waals surface area contributed by atoms with Crippen LogP contribution < -0.4 is 0 Å². The summed E-state index contributed by atoms with van der Waals surface area (Å²) in [5.74, 6) is 1.06. The van der Waals surface area contributed by atoms with Gasteiger partial charge in [-0.2, -0.15) is 0 Å². The summed E-state index contributed by atoms with van der Waals surface area (Å²) in [6.45, 7) is 2.00. The molecule has 0 radical (unpaired) electrons. The van der Waals surface area contributed by atoms with Crippen molar-refractivity contribution in [2.24, 2.45) is 5.92 Å². The highest BCUT2D eigenvalue weighted by Gasteiger charge is 2.09. The standard InChI is InChI=1S/C14H20Cl2O2/c1-17-7-8-18-6-5-13(11-15)9-12-3-2-4-14(16)10-12/h2-4,10,13H,5-9,11H2,1H3. The molecule has 1 rings (SSSR count). The topological polar surface area (TPSA) is 18.5 Å². The summed E-state index contributed by atoms with van der Waals surface area (Å²) in [6.07, 6.45) is 1.90. The molecule has 18 heavy (non-hydrogen) atoms. The monoisotopic (exact) mass is 290 g/mol. The van der Waals surface area contributed by atoms with Crippen molar-refractivity contribution in [2.75, 3.05) is 32.8 Å². The molecule has 0 aliphatic rings. The molecular weight excluding hydrogens is 271 g/mol. The van der Waals surface area contributed by atoms with Crippen molar-refractivity contribution in [3.05, 3.63) is 34.9 Å². The Morgan fingerprint density at radius 3 is 2.72 bits per heavy atom. The van der Waals surface area contributed by atoms with E-state index in [0.717, 1.165) is 24.5 Å². The summed E-state index contributed by atoms with van der Waals surface area (Å²) in [6, 6.07) is 7.93. The highest BCUT2D eigenvalue weighted by molar-refractivity contribution is 6.30. The van der Waals surface area contributed by atoms with Gasteiger partial charge >= 0.3 is 0 Å². The molecule has 0 bridgehead atoms. The van der Waals surface area contributed by atoms with E-state index in [1.165, 1.54) is 5.56 Å². The summed E-state index contributed by atoms with van der Waals surface area (Å²) < 4.78 is 10.4. The van der Waals surface area contributed by atoms with E-state index in [2.05, 4.69) is 6.07 Å². The van der Waals surface area contributed by atoms with E-state index in [4.69, 9.17) is 32.7 Å². The van der Waals surface area contributed by atoms with Gasteiger partial charge in [0.15, 0.2) is 0 Å². The lowest BCUT2D eigenvalue weighted by molar-refractivity contribution is 0.0647. The van der Waals surface area contributed by atoms with E-state index in [-0.39, 0.29) is 0 Å². The summed E-state index contributed by atoms with van der Waals surface area (Å²) in [4.78, 5) is 0. The normalized spacial score (nSPS) is 12.6. The molecule has 1 atom stereocenters. The lowest BCUT2D eigenvalue weighted by Crippen LogP contribution is -2.12. The zero-order valence-electron chi connectivity index (χ0n) is 10.7. The second-order valence-corrected chi connectivity index (χ2v) is 4.99. The molecule has 1 aromatic rings. The molecule has 2 nitrogen and oxygen atoms in total. The van der Waals surface area contributed by atoms with Gasteiger partial charge in [0.25, 0.3) is 0 Å². The molecular formula is C14H20Cl2O2. The average Bonchev–Trinajstić information content (AvgIpc) is 2.37. The van der Waals surface area contributed by atoms with Crippen LogP contribution in [0.25, 0.3) is 0 Å². The highest BCUT2D eigenvalue weighted by Crippen LogP contribution is 2.17. The molecule has 0 aliphatic carbocycles. The second kappa shape index (κ2) is 9.62. The fraction of sp³-hybridized carbons (Fsp3) is 0.571. The SMILES string of the molecule is COCCOCCC(CCl)Cc1cccc(Cl)c1. The Hall–Kier alpha value is -0.280. The van der Waals surface area contributed by atoms with Crippen LogP contribution >= 0.6 is 23.2 Å². The van der Waals surface area contributed by atoms with Crippen LogP contribution in [0.15, 0.2) is 24.3 Å². The Morgan fingerprint density at radius 2 is 2.06 bits per heavy atom. The first-order valence-corrected chi connectivity index (χ1v) is 7.04. The number of methoxy groups -OCH3 is 1. The lowest BCUT2D eigenvalue weighted by atomic mass is 9.98. The van der Waals surface area contributed by atoms with Crippen molar-refractivity contribution in [3.63, 3.8) is 0 Å². The van der Waals surface area contributed by atoms with Gasteiger partial charge in [-0.15, -0.1) is 11.6 Å². The number of benzene rings is 1. The zero-order valence-corrected chi connectivity index (χ0v) is 12.2. The van der Waals surface area contributed by atoms with Gasteiger partial charge in [0.2, 0.25) is 0 Å². The largest absolute Gasteiger partial charge is 0.382 e. The maximum atomic E-state index is 5.98. The Bertz CT molecular complexity index is 331. The molecule has 4 heteroatoms. The third-order valence-electron chi connectivity index (χ3n) is 2.73. The molecule has 0 aliphatic heterocycles. The number of ether oxygens (including phenoxy) is 2. The third kappa shape index (κ3) is 6.60. The van der Waals surface area contributed by atoms with Crippen molar-refractivity contribution in [1.29, 1.82) is 0 Å². The number of hydrogen-bond acceptors (Lipinski definition) is 2. The van der Waals surface area contributed by atoms with Crippen LogP contribution in [-0.2, 0) is 15.9 Å². The lowest BCUT2D eigenvalue weighted by Gasteiger charge is -2.14. The number of alkyl halides is 1. The predicted octanol–water partition coefficient (Wildman–Crippen LogP) is 3.79. The molecule has 0 saturated heterocycles. The summed E-state index contributed by atoms with van der Waals surface area (Å²) in [5.41, 5.74) is 1.23. The number of rotatable bonds is 9. The molecule has 1 unspecified atom stereocenters. The van der Waals surface area contributed by atoms with Crippen LogP contribution in [0.2, 0.25) is 5.02 Å². The molecule has 0 fully saturated rings. The number of hydrogen-bond donors (Lipinski definition) is 0. The Morgan fingerprint density at radius 1 is 1.22 bits per heavy atom. The van der Waals surface area contributed by atoms with E-state index < -0.39 is 0 Å². The molecule has 0 spiro atoms. The average molecular weight is 291 g/mol. The molecule has 0 saturated carbocycles. The van der Waals surface area contributed by atoms with Gasteiger partial charge in [0.05, 0.1) is 13.2 Å². The minimum atomic E-state index is 0.424. The summed E-state index contributed by atoms with van der Waals surface area (Å²) in [5, 5.41) is 0.775. The molecule has 0 heterocycles. The van der Waals surface area contributed by atoms with Gasteiger partial charge in [-0.25, -0.2) is 0 Å². The van der Waals surface area contributed by atoms with E-state index in [1.807, 2.05) is 18.2 Å². The van der Waals surface area contributed by atoms with Crippen molar-refractivity contribution >= 4 is 23.2 Å². The molecule has 0 amide bonds. The predicted molar refractivity (Wildman–Crippen MR) is 76.7 cm³/mol. The first kappa shape index (κ1) is 15.8. The van der Waals surface area contributed by atoms with Crippen LogP contribution in [0.4, 0.5) is 0 Å². The zero-order chi connectivity index (χ0) is 13.2. The third-order valence-corrected chi connectivity index (χ3v) is 3.41. The fourth-order valence-corrected chi connectivity index (χ4v) is 2.20. The van der Waals surface area contributed by atoms with E-state index >= 15 is 0 Å². The van der Waals surface area contributed by atoms with Crippen LogP contribution in [-0.4, -0.2) is 32.8 Å². The molecule has 1 aromatic carbocycles. The smallest absolute Gasteiger partial charge is 0.0700 e.